The normalized spacial score (nSPS) is 13.4. The summed E-state index contributed by atoms with van der Waals surface area (Å²) in [6.07, 6.45) is 0.201. The van der Waals surface area contributed by atoms with E-state index >= 15 is 0 Å². The maximum absolute atomic E-state index is 9.54. The van der Waals surface area contributed by atoms with Crippen LogP contribution in [0.1, 0.15) is 25.3 Å². The number of nitrogens with zero attached hydrogens (tertiary/aromatic N) is 1. The van der Waals surface area contributed by atoms with E-state index in [1.165, 1.54) is 0 Å². The molecular weight excluding hydrogens is 164 g/mol. The standard InChI is InChI=1S/C10H12N2O/c1-2-9(13)10-11-7-5-3-4-6-8(7)12-10/h3-6,9,13H,2H2,1H3,(H,11,12)/t9-/m1/s1. The van der Waals surface area contributed by atoms with Crippen LogP contribution in [0.25, 0.3) is 11.0 Å². The van der Waals surface area contributed by atoms with Gasteiger partial charge in [0, 0.05) is 0 Å². The number of nitrogens with one attached hydrogen (secondary N) is 1. The van der Waals surface area contributed by atoms with E-state index in [2.05, 4.69) is 9.97 Å². The summed E-state index contributed by atoms with van der Waals surface area (Å²) in [5, 5.41) is 9.54. The summed E-state index contributed by atoms with van der Waals surface area (Å²) in [4.78, 5) is 7.36. The maximum atomic E-state index is 9.54. The molecule has 0 amide bonds. The molecule has 0 aliphatic heterocycles. The van der Waals surface area contributed by atoms with Crippen LogP contribution in [0.2, 0.25) is 0 Å². The average Bonchev–Trinajstić information content (AvgIpc) is 2.59. The molecule has 0 aliphatic rings. The van der Waals surface area contributed by atoms with E-state index in [0.717, 1.165) is 11.0 Å². The molecule has 1 heterocycles. The van der Waals surface area contributed by atoms with Gasteiger partial charge in [0.2, 0.25) is 0 Å². The van der Waals surface area contributed by atoms with Gasteiger partial charge in [0.25, 0.3) is 0 Å². The lowest BCUT2D eigenvalue weighted by Gasteiger charge is -2.00. The third-order valence-electron chi connectivity index (χ3n) is 2.11. The zero-order valence-corrected chi connectivity index (χ0v) is 7.49. The van der Waals surface area contributed by atoms with E-state index < -0.39 is 6.10 Å². The Balaban J connectivity index is 2.49. The first kappa shape index (κ1) is 8.26. The first-order valence-corrected chi connectivity index (χ1v) is 4.44. The van der Waals surface area contributed by atoms with E-state index in [0.29, 0.717) is 12.2 Å². The summed E-state index contributed by atoms with van der Waals surface area (Å²) in [6, 6.07) is 7.76. The molecule has 2 N–H and O–H groups in total. The van der Waals surface area contributed by atoms with Crippen LogP contribution in [0.3, 0.4) is 0 Å². The van der Waals surface area contributed by atoms with Gasteiger partial charge >= 0.3 is 0 Å². The highest BCUT2D eigenvalue weighted by atomic mass is 16.3. The zero-order valence-electron chi connectivity index (χ0n) is 7.49. The van der Waals surface area contributed by atoms with Crippen molar-refractivity contribution in [2.75, 3.05) is 0 Å². The zero-order chi connectivity index (χ0) is 9.26. The molecule has 0 spiro atoms. The van der Waals surface area contributed by atoms with Crippen LogP contribution >= 0.6 is 0 Å². The number of aliphatic hydroxyl groups is 1. The predicted octanol–water partition coefficient (Wildman–Crippen LogP) is 2.01. The lowest BCUT2D eigenvalue weighted by molar-refractivity contribution is 0.165. The lowest BCUT2D eigenvalue weighted by atomic mass is 10.3. The summed E-state index contributed by atoms with van der Waals surface area (Å²) in [5.74, 6) is 0.656. The Morgan fingerprint density at radius 3 is 2.92 bits per heavy atom. The molecule has 2 rings (SSSR count). The van der Waals surface area contributed by atoms with Gasteiger partial charge in [-0.2, -0.15) is 0 Å². The molecule has 3 nitrogen and oxygen atoms in total. The van der Waals surface area contributed by atoms with Gasteiger partial charge in [-0.05, 0) is 18.6 Å². The van der Waals surface area contributed by atoms with E-state index in [4.69, 9.17) is 0 Å². The molecule has 0 saturated carbocycles. The molecule has 1 aromatic carbocycles. The Hall–Kier alpha value is -1.35. The van der Waals surface area contributed by atoms with E-state index in [9.17, 15) is 5.11 Å². The minimum Gasteiger partial charge on any atom is -0.385 e. The van der Waals surface area contributed by atoms with Crippen LogP contribution in [0.4, 0.5) is 0 Å². The highest BCUT2D eigenvalue weighted by Gasteiger charge is 2.09. The fourth-order valence-electron chi connectivity index (χ4n) is 1.32. The van der Waals surface area contributed by atoms with Gasteiger partial charge < -0.3 is 10.1 Å². The quantitative estimate of drug-likeness (QED) is 0.735. The molecule has 13 heavy (non-hydrogen) atoms. The second kappa shape index (κ2) is 3.18. The fraction of sp³-hybridized carbons (Fsp3) is 0.300. The first-order chi connectivity index (χ1) is 6.31. The number of hydrogen-bond donors (Lipinski definition) is 2. The summed E-state index contributed by atoms with van der Waals surface area (Å²) in [5.41, 5.74) is 1.88. The second-order valence-corrected chi connectivity index (χ2v) is 3.06. The van der Waals surface area contributed by atoms with Gasteiger partial charge in [-0.1, -0.05) is 19.1 Å². The van der Waals surface area contributed by atoms with Crippen molar-refractivity contribution in [3.63, 3.8) is 0 Å². The summed E-state index contributed by atoms with van der Waals surface area (Å²) < 4.78 is 0. The number of H-pyrrole nitrogens is 1. The molecule has 0 saturated heterocycles. The highest BCUT2D eigenvalue weighted by Crippen LogP contribution is 2.17. The lowest BCUT2D eigenvalue weighted by Crippen LogP contribution is -1.96. The van der Waals surface area contributed by atoms with Gasteiger partial charge in [-0.25, -0.2) is 4.98 Å². The number of para-hydroxylation sites is 2. The molecule has 0 bridgehead atoms. The van der Waals surface area contributed by atoms with Crippen LogP contribution in [0.15, 0.2) is 24.3 Å². The van der Waals surface area contributed by atoms with Crippen molar-refractivity contribution in [1.82, 2.24) is 9.97 Å². The molecule has 0 radical (unpaired) electrons. The van der Waals surface area contributed by atoms with Crippen LogP contribution < -0.4 is 0 Å². The molecule has 1 atom stereocenters. The highest BCUT2D eigenvalue weighted by molar-refractivity contribution is 5.74. The van der Waals surface area contributed by atoms with Gasteiger partial charge in [0.15, 0.2) is 0 Å². The van der Waals surface area contributed by atoms with Crippen LogP contribution in [0, 0.1) is 0 Å². The smallest absolute Gasteiger partial charge is 0.136 e. The van der Waals surface area contributed by atoms with E-state index in [-0.39, 0.29) is 0 Å². The van der Waals surface area contributed by atoms with Crippen molar-refractivity contribution >= 4 is 11.0 Å². The van der Waals surface area contributed by atoms with Crippen molar-refractivity contribution in [3.05, 3.63) is 30.1 Å². The molecule has 3 heteroatoms. The Morgan fingerprint density at radius 1 is 1.46 bits per heavy atom. The van der Waals surface area contributed by atoms with Crippen molar-refractivity contribution in [2.45, 2.75) is 19.4 Å². The first-order valence-electron chi connectivity index (χ1n) is 4.44. The van der Waals surface area contributed by atoms with Crippen molar-refractivity contribution < 1.29 is 5.11 Å². The molecular formula is C10H12N2O. The molecule has 0 fully saturated rings. The minimum absolute atomic E-state index is 0.479. The van der Waals surface area contributed by atoms with Crippen molar-refractivity contribution in [1.29, 1.82) is 0 Å². The van der Waals surface area contributed by atoms with Gasteiger partial charge in [-0.15, -0.1) is 0 Å². The van der Waals surface area contributed by atoms with Crippen LogP contribution in [0.5, 0.6) is 0 Å². The topological polar surface area (TPSA) is 48.9 Å². The van der Waals surface area contributed by atoms with Gasteiger partial charge in [0.05, 0.1) is 11.0 Å². The Morgan fingerprint density at radius 2 is 2.23 bits per heavy atom. The second-order valence-electron chi connectivity index (χ2n) is 3.06. The van der Waals surface area contributed by atoms with Crippen molar-refractivity contribution in [2.24, 2.45) is 0 Å². The number of benzene rings is 1. The van der Waals surface area contributed by atoms with E-state index in [1.807, 2.05) is 31.2 Å². The fourth-order valence-corrected chi connectivity index (χ4v) is 1.32. The number of imidazole rings is 1. The molecule has 68 valence electrons. The number of fused-ring (bicyclic) bond motifs is 1. The van der Waals surface area contributed by atoms with Crippen LogP contribution in [-0.4, -0.2) is 15.1 Å². The number of hydrogen-bond acceptors (Lipinski definition) is 2. The van der Waals surface area contributed by atoms with Gasteiger partial charge in [0.1, 0.15) is 11.9 Å². The average molecular weight is 176 g/mol. The maximum Gasteiger partial charge on any atom is 0.136 e. The third kappa shape index (κ3) is 1.42. The monoisotopic (exact) mass is 176 g/mol. The van der Waals surface area contributed by atoms with Gasteiger partial charge in [-0.3, -0.25) is 0 Å². The molecule has 1 aromatic heterocycles. The molecule has 0 aliphatic carbocycles. The van der Waals surface area contributed by atoms with Crippen molar-refractivity contribution in [3.8, 4) is 0 Å². The summed E-state index contributed by atoms with van der Waals surface area (Å²) in [7, 11) is 0. The number of aromatic nitrogens is 2. The molecule has 0 unspecified atom stereocenters. The van der Waals surface area contributed by atoms with Crippen LogP contribution in [-0.2, 0) is 0 Å². The number of aliphatic hydroxyl groups excluding tert-OH is 1. The Kier molecular flexibility index (Phi) is 2.02. The summed E-state index contributed by atoms with van der Waals surface area (Å²) >= 11 is 0. The third-order valence-corrected chi connectivity index (χ3v) is 2.11. The van der Waals surface area contributed by atoms with E-state index in [1.54, 1.807) is 0 Å². The Labute approximate surface area is 76.4 Å². The number of aromatic amines is 1. The predicted molar refractivity (Wildman–Crippen MR) is 51.3 cm³/mol. The summed E-state index contributed by atoms with van der Waals surface area (Å²) in [6.45, 7) is 1.93. The SMILES string of the molecule is CC[C@@H](O)c1nc2ccccc2[nH]1. The minimum atomic E-state index is -0.479. The largest absolute Gasteiger partial charge is 0.385 e. The Bertz CT molecular complexity index is 375. The molecule has 2 aromatic rings. The number of rotatable bonds is 2.